The van der Waals surface area contributed by atoms with E-state index in [-0.39, 0.29) is 10.6 Å². The van der Waals surface area contributed by atoms with Crippen molar-refractivity contribution in [3.05, 3.63) is 24.0 Å². The Kier molecular flexibility index (Phi) is 2.04. The summed E-state index contributed by atoms with van der Waals surface area (Å²) in [6.07, 6.45) is 0. The Hall–Kier alpha value is -1.43. The number of anilines is 1. The first-order valence-electron chi connectivity index (χ1n) is 4.28. The number of sulfone groups is 1. The van der Waals surface area contributed by atoms with Crippen LogP contribution in [-0.2, 0) is 14.6 Å². The van der Waals surface area contributed by atoms with Crippen LogP contribution in [0.1, 0.15) is 6.92 Å². The third-order valence-corrected chi connectivity index (χ3v) is 4.02. The molecule has 0 fully saturated rings. The quantitative estimate of drug-likeness (QED) is 0.719. The molecule has 0 amide bonds. The van der Waals surface area contributed by atoms with Gasteiger partial charge >= 0.3 is 0 Å². The van der Waals surface area contributed by atoms with Crippen molar-refractivity contribution in [3.8, 4) is 0 Å². The summed E-state index contributed by atoms with van der Waals surface area (Å²) in [6, 6.07) is 2.50. The van der Waals surface area contributed by atoms with Crippen molar-refractivity contribution in [2.75, 3.05) is 5.32 Å². The number of carbonyl (C=O) groups is 1. The highest BCUT2D eigenvalue weighted by Gasteiger charge is 2.36. The van der Waals surface area contributed by atoms with Crippen molar-refractivity contribution < 1.29 is 17.6 Å². The van der Waals surface area contributed by atoms with E-state index in [1.54, 1.807) is 0 Å². The van der Waals surface area contributed by atoms with E-state index in [1.165, 1.54) is 13.0 Å². The summed E-state index contributed by atoms with van der Waals surface area (Å²) < 4.78 is 36.1. The molecule has 15 heavy (non-hydrogen) atoms. The maximum atomic E-state index is 12.9. The van der Waals surface area contributed by atoms with E-state index in [0.717, 1.165) is 12.1 Å². The molecule has 1 aromatic rings. The smallest absolute Gasteiger partial charge is 0.272 e. The van der Waals surface area contributed by atoms with Gasteiger partial charge in [-0.2, -0.15) is 0 Å². The summed E-state index contributed by atoms with van der Waals surface area (Å²) in [5.74, 6) is -0.679. The molecule has 0 saturated carbocycles. The molecule has 0 radical (unpaired) electrons. The number of nitrogens with one attached hydrogen (secondary N) is 1. The second kappa shape index (κ2) is 3.03. The second-order valence-electron chi connectivity index (χ2n) is 3.33. The highest BCUT2D eigenvalue weighted by Crippen LogP contribution is 2.29. The SMILES string of the molecule is CC1Nc2ccc(F)cc2S(=O)(=O)C1=O. The fraction of sp³-hybridized carbons (Fsp3) is 0.222. The highest BCUT2D eigenvalue weighted by atomic mass is 32.2. The van der Waals surface area contributed by atoms with E-state index in [1.807, 2.05) is 0 Å². The molecule has 2 rings (SSSR count). The summed E-state index contributed by atoms with van der Waals surface area (Å²) in [5.41, 5.74) is 0.267. The largest absolute Gasteiger partial charge is 0.373 e. The van der Waals surface area contributed by atoms with Gasteiger partial charge in [0.25, 0.3) is 5.12 Å². The average Bonchev–Trinajstić information content (AvgIpc) is 2.17. The lowest BCUT2D eigenvalue weighted by Gasteiger charge is -2.22. The molecular weight excluding hydrogens is 221 g/mol. The van der Waals surface area contributed by atoms with Crippen LogP contribution in [-0.4, -0.2) is 19.6 Å². The molecule has 1 aromatic carbocycles. The molecule has 1 heterocycles. The van der Waals surface area contributed by atoms with Gasteiger partial charge in [0.2, 0.25) is 9.84 Å². The number of fused-ring (bicyclic) bond motifs is 1. The van der Waals surface area contributed by atoms with Gasteiger partial charge in [0, 0.05) is 0 Å². The van der Waals surface area contributed by atoms with Crippen molar-refractivity contribution in [2.45, 2.75) is 17.9 Å². The first-order valence-corrected chi connectivity index (χ1v) is 5.76. The Bertz CT molecular complexity index is 538. The Balaban J connectivity index is 2.74. The molecule has 0 spiro atoms. The van der Waals surface area contributed by atoms with Crippen LogP contribution in [0.2, 0.25) is 0 Å². The molecule has 0 saturated heterocycles. The minimum atomic E-state index is -4.03. The summed E-state index contributed by atoms with van der Waals surface area (Å²) >= 11 is 0. The van der Waals surface area contributed by atoms with Gasteiger partial charge in [-0.05, 0) is 25.1 Å². The Morgan fingerprint density at radius 3 is 2.73 bits per heavy atom. The van der Waals surface area contributed by atoms with Gasteiger partial charge in [0.05, 0.1) is 11.7 Å². The minimum absolute atomic E-state index is 0.267. The van der Waals surface area contributed by atoms with Crippen LogP contribution in [0, 0.1) is 5.82 Å². The summed E-state index contributed by atoms with van der Waals surface area (Å²) in [6.45, 7) is 1.45. The topological polar surface area (TPSA) is 63.2 Å². The van der Waals surface area contributed by atoms with Gasteiger partial charge in [-0.15, -0.1) is 0 Å². The van der Waals surface area contributed by atoms with Gasteiger partial charge in [0.1, 0.15) is 10.7 Å². The van der Waals surface area contributed by atoms with Crippen molar-refractivity contribution in [1.29, 1.82) is 0 Å². The van der Waals surface area contributed by atoms with Gasteiger partial charge in [-0.3, -0.25) is 4.79 Å². The summed E-state index contributed by atoms with van der Waals surface area (Å²) in [5, 5.41) is 1.77. The molecule has 1 N–H and O–H groups in total. The van der Waals surface area contributed by atoms with E-state index in [9.17, 15) is 17.6 Å². The van der Waals surface area contributed by atoms with Crippen molar-refractivity contribution >= 4 is 20.6 Å². The number of benzene rings is 1. The molecule has 80 valence electrons. The van der Waals surface area contributed by atoms with Gasteiger partial charge in [-0.1, -0.05) is 0 Å². The molecule has 1 aliphatic heterocycles. The van der Waals surface area contributed by atoms with Crippen LogP contribution < -0.4 is 5.32 Å². The fourth-order valence-electron chi connectivity index (χ4n) is 1.47. The van der Waals surface area contributed by atoms with Crippen LogP contribution in [0.15, 0.2) is 23.1 Å². The molecular formula is C9H8FNO3S. The zero-order valence-corrected chi connectivity index (χ0v) is 8.64. The normalized spacial score (nSPS) is 23.1. The number of hydrogen-bond donors (Lipinski definition) is 1. The van der Waals surface area contributed by atoms with Gasteiger partial charge in [-0.25, -0.2) is 12.8 Å². The van der Waals surface area contributed by atoms with Crippen molar-refractivity contribution in [3.63, 3.8) is 0 Å². The minimum Gasteiger partial charge on any atom is -0.373 e. The summed E-state index contributed by atoms with van der Waals surface area (Å²) in [4.78, 5) is 11.1. The van der Waals surface area contributed by atoms with Gasteiger partial charge < -0.3 is 5.32 Å². The molecule has 6 heteroatoms. The predicted molar refractivity (Wildman–Crippen MR) is 51.7 cm³/mol. The van der Waals surface area contributed by atoms with Crippen molar-refractivity contribution in [1.82, 2.24) is 0 Å². The molecule has 1 aliphatic rings. The first-order chi connectivity index (χ1) is 6.93. The molecule has 0 bridgehead atoms. The molecule has 1 atom stereocenters. The lowest BCUT2D eigenvalue weighted by Crippen LogP contribution is -2.37. The van der Waals surface area contributed by atoms with Gasteiger partial charge in [0.15, 0.2) is 0 Å². The molecule has 4 nitrogen and oxygen atoms in total. The molecule has 0 aliphatic carbocycles. The van der Waals surface area contributed by atoms with E-state index in [4.69, 9.17) is 0 Å². The standard InChI is InChI=1S/C9H8FNO3S/c1-5-9(12)15(13,14)8-4-6(10)2-3-7(8)11-5/h2-5,11H,1H3. The van der Waals surface area contributed by atoms with Crippen molar-refractivity contribution in [2.24, 2.45) is 0 Å². The van der Waals surface area contributed by atoms with Crippen LogP contribution in [0.5, 0.6) is 0 Å². The predicted octanol–water partition coefficient (Wildman–Crippen LogP) is 0.940. The lowest BCUT2D eigenvalue weighted by atomic mass is 10.2. The third kappa shape index (κ3) is 1.41. The molecule has 0 aromatic heterocycles. The Morgan fingerprint density at radius 2 is 2.07 bits per heavy atom. The monoisotopic (exact) mass is 229 g/mol. The Labute approximate surface area is 86.0 Å². The number of hydrogen-bond acceptors (Lipinski definition) is 4. The maximum absolute atomic E-state index is 12.9. The van der Waals surface area contributed by atoms with Crippen LogP contribution >= 0.6 is 0 Å². The van der Waals surface area contributed by atoms with E-state index in [2.05, 4.69) is 5.32 Å². The van der Waals surface area contributed by atoms with E-state index >= 15 is 0 Å². The fourth-order valence-corrected chi connectivity index (χ4v) is 2.90. The third-order valence-electron chi connectivity index (χ3n) is 2.22. The lowest BCUT2D eigenvalue weighted by molar-refractivity contribution is -0.112. The zero-order chi connectivity index (χ0) is 11.2. The number of carbonyl (C=O) groups excluding carboxylic acids is 1. The van der Waals surface area contributed by atoms with E-state index < -0.39 is 26.8 Å². The number of halogens is 1. The second-order valence-corrected chi connectivity index (χ2v) is 5.18. The maximum Gasteiger partial charge on any atom is 0.272 e. The molecule has 1 unspecified atom stereocenters. The average molecular weight is 229 g/mol. The zero-order valence-electron chi connectivity index (χ0n) is 7.82. The Morgan fingerprint density at radius 1 is 1.40 bits per heavy atom. The summed E-state index contributed by atoms with van der Waals surface area (Å²) in [7, 11) is -4.03. The van der Waals surface area contributed by atoms with Crippen LogP contribution in [0.25, 0.3) is 0 Å². The highest BCUT2D eigenvalue weighted by molar-refractivity contribution is 8.06. The van der Waals surface area contributed by atoms with Crippen LogP contribution in [0.4, 0.5) is 10.1 Å². The van der Waals surface area contributed by atoms with E-state index in [0.29, 0.717) is 0 Å². The number of rotatable bonds is 0. The van der Waals surface area contributed by atoms with Crippen LogP contribution in [0.3, 0.4) is 0 Å². The first kappa shape index (κ1) is 10.1.